The SMILES string of the molecule is c1ccc(-c2ccc(N3c4cc(-c5ccccc5)ccc4B4c5c(-c6ccccc6)cccc5N(c5cccc(-c6ccccc6)c5)c5cccc3c54)cc2)cc1. The number of hydrogen-bond donors (Lipinski definition) is 0. The molecule has 0 amide bonds. The van der Waals surface area contributed by atoms with Gasteiger partial charge in [-0.1, -0.05) is 176 Å². The molecule has 2 heterocycles. The van der Waals surface area contributed by atoms with Crippen molar-refractivity contribution < 1.29 is 0 Å². The van der Waals surface area contributed by atoms with Crippen LogP contribution >= 0.6 is 0 Å². The van der Waals surface area contributed by atoms with Gasteiger partial charge in [-0.3, -0.25) is 0 Å². The van der Waals surface area contributed by atoms with E-state index in [0.717, 1.165) is 11.4 Å². The maximum Gasteiger partial charge on any atom is 0.252 e. The van der Waals surface area contributed by atoms with Crippen LogP contribution in [0.3, 0.4) is 0 Å². The summed E-state index contributed by atoms with van der Waals surface area (Å²) in [6.45, 7) is -0.00386. The van der Waals surface area contributed by atoms with Crippen molar-refractivity contribution in [3.8, 4) is 44.5 Å². The van der Waals surface area contributed by atoms with Crippen molar-refractivity contribution in [1.82, 2.24) is 0 Å². The van der Waals surface area contributed by atoms with Gasteiger partial charge < -0.3 is 9.80 Å². The lowest BCUT2D eigenvalue weighted by atomic mass is 9.32. The van der Waals surface area contributed by atoms with E-state index in [1.807, 2.05) is 0 Å². The fraction of sp³-hybridized carbons (Fsp3) is 0. The molecule has 266 valence electrons. The highest BCUT2D eigenvalue weighted by Gasteiger charge is 2.44. The molecule has 0 spiro atoms. The van der Waals surface area contributed by atoms with Crippen LogP contribution in [0.1, 0.15) is 0 Å². The lowest BCUT2D eigenvalue weighted by Crippen LogP contribution is -2.61. The van der Waals surface area contributed by atoms with Crippen LogP contribution in [0.4, 0.5) is 34.1 Å². The molecule has 0 unspecified atom stereocenters. The fourth-order valence-corrected chi connectivity index (χ4v) is 9.10. The Kier molecular flexibility index (Phi) is 7.96. The van der Waals surface area contributed by atoms with Gasteiger partial charge in [0.2, 0.25) is 0 Å². The number of benzene rings is 9. The van der Waals surface area contributed by atoms with Gasteiger partial charge in [0, 0.05) is 34.1 Å². The number of hydrogen-bond acceptors (Lipinski definition) is 2. The molecule has 3 heteroatoms. The quantitative estimate of drug-likeness (QED) is 0.158. The molecule has 9 aromatic rings. The monoisotopic (exact) mass is 724 g/mol. The van der Waals surface area contributed by atoms with Gasteiger partial charge in [-0.25, -0.2) is 0 Å². The van der Waals surface area contributed by atoms with E-state index in [1.165, 1.54) is 83.6 Å². The summed E-state index contributed by atoms with van der Waals surface area (Å²) in [5.41, 5.74) is 20.7. The van der Waals surface area contributed by atoms with Crippen LogP contribution in [0.5, 0.6) is 0 Å². The third-order valence-electron chi connectivity index (χ3n) is 11.7. The van der Waals surface area contributed by atoms with Crippen molar-refractivity contribution in [1.29, 1.82) is 0 Å². The smallest absolute Gasteiger partial charge is 0.252 e. The van der Waals surface area contributed by atoms with Gasteiger partial charge in [-0.2, -0.15) is 0 Å². The molecule has 0 atom stereocenters. The minimum Gasteiger partial charge on any atom is -0.311 e. The molecule has 57 heavy (non-hydrogen) atoms. The Morgan fingerprint density at radius 3 is 1.32 bits per heavy atom. The Hall–Kier alpha value is -7.36. The highest BCUT2D eigenvalue weighted by atomic mass is 15.2. The Bertz CT molecular complexity index is 2890. The Balaban J connectivity index is 1.19. The molecular weight excluding hydrogens is 687 g/mol. The van der Waals surface area contributed by atoms with Crippen LogP contribution in [0.15, 0.2) is 224 Å². The zero-order valence-electron chi connectivity index (χ0n) is 31.3. The standard InChI is InChI=1S/C54H37BN2/c1-5-16-38(17-6-1)41-30-33-45(34-31-41)56-50-28-15-29-51-54(50)55(48-35-32-44(37-52(48)56)40-20-9-3-10-21-40)53-47(42-22-11-4-12-23-42)26-14-27-49(53)57(51)46-25-13-24-43(36-46)39-18-7-2-8-19-39/h1-37H. The average molecular weight is 725 g/mol. The molecule has 0 bridgehead atoms. The predicted octanol–water partition coefficient (Wildman–Crippen LogP) is 12.4. The van der Waals surface area contributed by atoms with E-state index < -0.39 is 0 Å². The first-order valence-electron chi connectivity index (χ1n) is 19.7. The van der Waals surface area contributed by atoms with Crippen molar-refractivity contribution in [3.63, 3.8) is 0 Å². The molecule has 0 fully saturated rings. The van der Waals surface area contributed by atoms with E-state index in [1.54, 1.807) is 0 Å². The van der Waals surface area contributed by atoms with Crippen LogP contribution in [-0.2, 0) is 0 Å². The van der Waals surface area contributed by atoms with Crippen LogP contribution in [-0.4, -0.2) is 6.71 Å². The van der Waals surface area contributed by atoms with E-state index in [2.05, 4.69) is 234 Å². The summed E-state index contributed by atoms with van der Waals surface area (Å²) in [6.07, 6.45) is 0. The first kappa shape index (κ1) is 33.0. The van der Waals surface area contributed by atoms with Gasteiger partial charge in [0.05, 0.1) is 0 Å². The fourth-order valence-electron chi connectivity index (χ4n) is 9.10. The Labute approximate surface area is 334 Å². The normalized spacial score (nSPS) is 12.5. The van der Waals surface area contributed by atoms with Gasteiger partial charge in [0.25, 0.3) is 6.71 Å². The lowest BCUT2D eigenvalue weighted by Gasteiger charge is -2.45. The summed E-state index contributed by atoms with van der Waals surface area (Å²) >= 11 is 0. The van der Waals surface area contributed by atoms with Crippen LogP contribution < -0.4 is 26.2 Å². The van der Waals surface area contributed by atoms with Crippen molar-refractivity contribution in [2.45, 2.75) is 0 Å². The van der Waals surface area contributed by atoms with Crippen molar-refractivity contribution in [3.05, 3.63) is 224 Å². The van der Waals surface area contributed by atoms with Gasteiger partial charge in [0.15, 0.2) is 0 Å². The van der Waals surface area contributed by atoms with Gasteiger partial charge in [0.1, 0.15) is 0 Å². The molecule has 2 aliphatic rings. The zero-order valence-corrected chi connectivity index (χ0v) is 31.3. The molecule has 0 radical (unpaired) electrons. The molecule has 2 aliphatic heterocycles. The lowest BCUT2D eigenvalue weighted by molar-refractivity contribution is 1.25. The third-order valence-corrected chi connectivity index (χ3v) is 11.7. The maximum atomic E-state index is 2.50. The first-order chi connectivity index (χ1) is 28.3. The molecule has 2 nitrogen and oxygen atoms in total. The highest BCUT2D eigenvalue weighted by molar-refractivity contribution is 7.01. The predicted molar refractivity (Wildman–Crippen MR) is 242 cm³/mol. The van der Waals surface area contributed by atoms with Gasteiger partial charge in [-0.05, 0) is 109 Å². The molecule has 11 rings (SSSR count). The van der Waals surface area contributed by atoms with E-state index in [0.29, 0.717) is 0 Å². The maximum absolute atomic E-state index is 2.50. The van der Waals surface area contributed by atoms with Crippen LogP contribution in [0.25, 0.3) is 44.5 Å². The Morgan fingerprint density at radius 2 is 0.702 bits per heavy atom. The molecule has 0 aromatic heterocycles. The van der Waals surface area contributed by atoms with E-state index in [9.17, 15) is 0 Å². The van der Waals surface area contributed by atoms with Gasteiger partial charge >= 0.3 is 0 Å². The number of fused-ring (bicyclic) bond motifs is 4. The topological polar surface area (TPSA) is 6.48 Å². The second-order valence-electron chi connectivity index (χ2n) is 14.9. The second-order valence-corrected chi connectivity index (χ2v) is 14.9. The molecule has 0 aliphatic carbocycles. The Morgan fingerprint density at radius 1 is 0.263 bits per heavy atom. The van der Waals surface area contributed by atoms with E-state index in [-0.39, 0.29) is 6.71 Å². The summed E-state index contributed by atoms with van der Waals surface area (Å²) in [5, 5.41) is 0. The van der Waals surface area contributed by atoms with E-state index in [4.69, 9.17) is 0 Å². The van der Waals surface area contributed by atoms with Gasteiger partial charge in [-0.15, -0.1) is 0 Å². The number of nitrogens with zero attached hydrogens (tertiary/aromatic N) is 2. The summed E-state index contributed by atoms with van der Waals surface area (Å²) < 4.78 is 0. The molecule has 0 N–H and O–H groups in total. The van der Waals surface area contributed by atoms with Crippen molar-refractivity contribution >= 4 is 57.2 Å². The van der Waals surface area contributed by atoms with E-state index >= 15 is 0 Å². The minimum absolute atomic E-state index is 0.00386. The molecule has 0 saturated carbocycles. The first-order valence-corrected chi connectivity index (χ1v) is 19.7. The zero-order chi connectivity index (χ0) is 37.7. The summed E-state index contributed by atoms with van der Waals surface area (Å²) in [7, 11) is 0. The largest absolute Gasteiger partial charge is 0.311 e. The average Bonchev–Trinajstić information content (AvgIpc) is 3.30. The molecule has 0 saturated heterocycles. The third kappa shape index (κ3) is 5.59. The second kappa shape index (κ2) is 13.7. The molecular formula is C54H37BN2. The summed E-state index contributed by atoms with van der Waals surface area (Å²) in [5.74, 6) is 0. The highest BCUT2D eigenvalue weighted by Crippen LogP contribution is 2.46. The van der Waals surface area contributed by atoms with Crippen molar-refractivity contribution in [2.24, 2.45) is 0 Å². The van der Waals surface area contributed by atoms with Crippen LogP contribution in [0.2, 0.25) is 0 Å². The van der Waals surface area contributed by atoms with Crippen LogP contribution in [0, 0.1) is 0 Å². The van der Waals surface area contributed by atoms with Crippen molar-refractivity contribution in [2.75, 3.05) is 9.80 Å². The minimum atomic E-state index is -0.00386. The summed E-state index contributed by atoms with van der Waals surface area (Å²) in [4.78, 5) is 5.00. The number of rotatable bonds is 6. The summed E-state index contributed by atoms with van der Waals surface area (Å²) in [6, 6.07) is 82.0. The molecule has 9 aromatic carbocycles. The number of anilines is 6.